The third-order valence-electron chi connectivity index (χ3n) is 2.17. The standard InChI is InChI=1S/C11H9FN2O2/c12-9-3-1-2-8(6-9)7-14-5-4-13-10(15)11(14)16/h1-6H,7H2,(H,13,15). The molecular weight excluding hydrogens is 211 g/mol. The Kier molecular flexibility index (Phi) is 2.68. The van der Waals surface area contributed by atoms with Gasteiger partial charge in [0.1, 0.15) is 5.82 Å². The number of benzene rings is 1. The van der Waals surface area contributed by atoms with Gasteiger partial charge in [0, 0.05) is 12.4 Å². The first-order chi connectivity index (χ1) is 7.66. The van der Waals surface area contributed by atoms with Crippen molar-refractivity contribution < 1.29 is 4.39 Å². The number of hydrogen-bond acceptors (Lipinski definition) is 2. The lowest BCUT2D eigenvalue weighted by Gasteiger charge is -2.04. The summed E-state index contributed by atoms with van der Waals surface area (Å²) in [5.41, 5.74) is -0.696. The molecule has 4 nitrogen and oxygen atoms in total. The van der Waals surface area contributed by atoms with Gasteiger partial charge in [0.2, 0.25) is 0 Å². The van der Waals surface area contributed by atoms with E-state index in [-0.39, 0.29) is 12.4 Å². The van der Waals surface area contributed by atoms with Crippen LogP contribution in [0.3, 0.4) is 0 Å². The smallest absolute Gasteiger partial charge is 0.316 e. The molecular formula is C11H9FN2O2. The van der Waals surface area contributed by atoms with E-state index in [1.54, 1.807) is 12.1 Å². The van der Waals surface area contributed by atoms with Crippen LogP contribution in [-0.4, -0.2) is 9.55 Å². The number of H-pyrrole nitrogens is 1. The molecule has 1 aromatic carbocycles. The van der Waals surface area contributed by atoms with Gasteiger partial charge in [-0.15, -0.1) is 0 Å². The predicted octanol–water partition coefficient (Wildman–Crippen LogP) is 0.724. The zero-order valence-corrected chi connectivity index (χ0v) is 8.31. The number of nitrogens with zero attached hydrogens (tertiary/aromatic N) is 1. The van der Waals surface area contributed by atoms with Gasteiger partial charge in [-0.2, -0.15) is 0 Å². The molecule has 2 aromatic rings. The molecule has 0 amide bonds. The Morgan fingerprint density at radius 1 is 1.31 bits per heavy atom. The van der Waals surface area contributed by atoms with Crippen molar-refractivity contribution in [2.45, 2.75) is 6.54 Å². The molecule has 1 aromatic heterocycles. The summed E-state index contributed by atoms with van der Waals surface area (Å²) in [6.45, 7) is 0.181. The summed E-state index contributed by atoms with van der Waals surface area (Å²) in [5.74, 6) is -0.365. The lowest BCUT2D eigenvalue weighted by atomic mass is 10.2. The van der Waals surface area contributed by atoms with Crippen LogP contribution in [0.4, 0.5) is 4.39 Å². The van der Waals surface area contributed by atoms with Gasteiger partial charge in [0.15, 0.2) is 0 Å². The van der Waals surface area contributed by atoms with Crippen molar-refractivity contribution >= 4 is 0 Å². The molecule has 2 rings (SSSR count). The summed E-state index contributed by atoms with van der Waals surface area (Å²) >= 11 is 0. The lowest BCUT2D eigenvalue weighted by molar-refractivity contribution is 0.622. The third kappa shape index (κ3) is 2.08. The van der Waals surface area contributed by atoms with Crippen LogP contribution in [0.2, 0.25) is 0 Å². The highest BCUT2D eigenvalue weighted by atomic mass is 19.1. The van der Waals surface area contributed by atoms with E-state index in [0.29, 0.717) is 5.56 Å². The van der Waals surface area contributed by atoms with Crippen molar-refractivity contribution in [3.05, 3.63) is 68.7 Å². The molecule has 5 heteroatoms. The molecule has 0 aliphatic heterocycles. The number of hydrogen-bond donors (Lipinski definition) is 1. The monoisotopic (exact) mass is 220 g/mol. The zero-order chi connectivity index (χ0) is 11.5. The van der Waals surface area contributed by atoms with Crippen LogP contribution in [0, 0.1) is 5.82 Å². The molecule has 0 aliphatic rings. The summed E-state index contributed by atoms with van der Waals surface area (Å²) in [7, 11) is 0. The Balaban J connectivity index is 2.38. The van der Waals surface area contributed by atoms with E-state index in [9.17, 15) is 14.0 Å². The molecule has 0 aliphatic carbocycles. The molecule has 0 unspecified atom stereocenters. The molecule has 0 fully saturated rings. The van der Waals surface area contributed by atoms with Crippen molar-refractivity contribution in [3.63, 3.8) is 0 Å². The van der Waals surface area contributed by atoms with Gasteiger partial charge in [-0.25, -0.2) is 4.39 Å². The maximum Gasteiger partial charge on any atom is 0.316 e. The topological polar surface area (TPSA) is 54.9 Å². The number of aromatic nitrogens is 2. The maximum absolute atomic E-state index is 12.9. The Morgan fingerprint density at radius 2 is 2.12 bits per heavy atom. The average molecular weight is 220 g/mol. The minimum absolute atomic E-state index is 0.181. The molecule has 0 saturated heterocycles. The van der Waals surface area contributed by atoms with Crippen LogP contribution in [-0.2, 0) is 6.54 Å². The van der Waals surface area contributed by atoms with Gasteiger partial charge in [-0.3, -0.25) is 9.59 Å². The second kappa shape index (κ2) is 4.14. The number of aromatic amines is 1. The van der Waals surface area contributed by atoms with Gasteiger partial charge in [-0.05, 0) is 17.7 Å². The number of rotatable bonds is 2. The van der Waals surface area contributed by atoms with Gasteiger partial charge in [-0.1, -0.05) is 12.1 Å². The highest BCUT2D eigenvalue weighted by molar-refractivity contribution is 5.16. The minimum Gasteiger partial charge on any atom is -0.323 e. The minimum atomic E-state index is -0.682. The molecule has 16 heavy (non-hydrogen) atoms. The number of nitrogens with one attached hydrogen (secondary N) is 1. The van der Waals surface area contributed by atoms with Crippen molar-refractivity contribution in [2.75, 3.05) is 0 Å². The first-order valence-electron chi connectivity index (χ1n) is 4.69. The van der Waals surface area contributed by atoms with Crippen LogP contribution in [0.25, 0.3) is 0 Å². The van der Waals surface area contributed by atoms with E-state index in [0.717, 1.165) is 0 Å². The Labute approximate surface area is 90.0 Å². The molecule has 82 valence electrons. The highest BCUT2D eigenvalue weighted by Gasteiger charge is 2.01. The van der Waals surface area contributed by atoms with Gasteiger partial charge >= 0.3 is 11.1 Å². The highest BCUT2D eigenvalue weighted by Crippen LogP contribution is 2.03. The Hall–Kier alpha value is -2.17. The van der Waals surface area contributed by atoms with E-state index in [1.165, 1.54) is 29.1 Å². The van der Waals surface area contributed by atoms with Crippen LogP contribution < -0.4 is 11.1 Å². The Morgan fingerprint density at radius 3 is 2.88 bits per heavy atom. The average Bonchev–Trinajstić information content (AvgIpc) is 2.25. The summed E-state index contributed by atoms with van der Waals surface area (Å²) in [4.78, 5) is 24.7. The molecule has 1 heterocycles. The predicted molar refractivity (Wildman–Crippen MR) is 56.8 cm³/mol. The SMILES string of the molecule is O=c1[nH]ccn(Cc2cccc(F)c2)c1=O. The molecule has 0 radical (unpaired) electrons. The van der Waals surface area contributed by atoms with Gasteiger partial charge in [0.05, 0.1) is 6.54 Å². The van der Waals surface area contributed by atoms with Gasteiger partial charge in [0.25, 0.3) is 0 Å². The largest absolute Gasteiger partial charge is 0.323 e. The Bertz CT molecular complexity index is 616. The second-order valence-corrected chi connectivity index (χ2v) is 3.35. The molecule has 0 atom stereocenters. The normalized spacial score (nSPS) is 10.3. The fraction of sp³-hybridized carbons (Fsp3) is 0.0909. The van der Waals surface area contributed by atoms with Crippen molar-refractivity contribution in [2.24, 2.45) is 0 Å². The van der Waals surface area contributed by atoms with Crippen LogP contribution in [0.1, 0.15) is 5.56 Å². The van der Waals surface area contributed by atoms with E-state index < -0.39 is 11.1 Å². The number of halogens is 1. The van der Waals surface area contributed by atoms with Crippen molar-refractivity contribution in [1.82, 2.24) is 9.55 Å². The van der Waals surface area contributed by atoms with Crippen molar-refractivity contribution in [1.29, 1.82) is 0 Å². The molecule has 0 saturated carbocycles. The summed E-state index contributed by atoms with van der Waals surface area (Å²) in [5, 5.41) is 0. The van der Waals surface area contributed by atoms with Crippen molar-refractivity contribution in [3.8, 4) is 0 Å². The summed E-state index contributed by atoms with van der Waals surface area (Å²) in [6.07, 6.45) is 2.83. The maximum atomic E-state index is 12.9. The molecule has 1 N–H and O–H groups in total. The van der Waals surface area contributed by atoms with Crippen LogP contribution >= 0.6 is 0 Å². The van der Waals surface area contributed by atoms with Crippen LogP contribution in [0.5, 0.6) is 0 Å². The summed E-state index contributed by atoms with van der Waals surface area (Å²) < 4.78 is 14.1. The van der Waals surface area contributed by atoms with E-state index in [4.69, 9.17) is 0 Å². The molecule has 0 spiro atoms. The van der Waals surface area contributed by atoms with Gasteiger partial charge < -0.3 is 9.55 Å². The third-order valence-corrected chi connectivity index (χ3v) is 2.17. The summed E-state index contributed by atoms with van der Waals surface area (Å²) in [6, 6.07) is 5.90. The fourth-order valence-corrected chi connectivity index (χ4v) is 1.42. The quantitative estimate of drug-likeness (QED) is 0.758. The van der Waals surface area contributed by atoms with E-state index >= 15 is 0 Å². The van der Waals surface area contributed by atoms with E-state index in [2.05, 4.69) is 4.98 Å². The van der Waals surface area contributed by atoms with Crippen LogP contribution in [0.15, 0.2) is 46.2 Å². The first-order valence-corrected chi connectivity index (χ1v) is 4.69. The molecule has 0 bridgehead atoms. The zero-order valence-electron chi connectivity index (χ0n) is 8.31. The fourth-order valence-electron chi connectivity index (χ4n) is 1.42. The lowest BCUT2D eigenvalue weighted by Crippen LogP contribution is -2.35. The first kappa shape index (κ1) is 10.4. The van der Waals surface area contributed by atoms with E-state index in [1.807, 2.05) is 0 Å². The second-order valence-electron chi connectivity index (χ2n) is 3.35.